The molecule has 0 aliphatic carbocycles. The van der Waals surface area contributed by atoms with E-state index >= 15 is 0 Å². The minimum atomic E-state index is -0.544. The Hall–Kier alpha value is -0.0800. The quantitative estimate of drug-likeness (QED) is 0.690. The van der Waals surface area contributed by atoms with Crippen LogP contribution in [0.5, 0.6) is 0 Å². The van der Waals surface area contributed by atoms with Crippen molar-refractivity contribution in [3.63, 3.8) is 0 Å². The Balaban J connectivity index is 4.53. The second-order valence-electron chi connectivity index (χ2n) is 5.64. The van der Waals surface area contributed by atoms with Gasteiger partial charge in [0.2, 0.25) is 0 Å². The third-order valence-electron chi connectivity index (χ3n) is 3.36. The van der Waals surface area contributed by atoms with Crippen molar-refractivity contribution in [1.29, 1.82) is 0 Å². The highest BCUT2D eigenvalue weighted by Crippen LogP contribution is 2.17. The monoisotopic (exact) mass is 229 g/mol. The molecule has 1 atom stereocenters. The molecule has 1 unspecified atom stereocenters. The molecule has 16 heavy (non-hydrogen) atoms. The lowest BCUT2D eigenvalue weighted by atomic mass is 9.99. The zero-order valence-corrected chi connectivity index (χ0v) is 12.1. The van der Waals surface area contributed by atoms with E-state index in [4.69, 9.17) is 0 Å². The van der Waals surface area contributed by atoms with Gasteiger partial charge in [-0.05, 0) is 32.1 Å². The van der Waals surface area contributed by atoms with E-state index < -0.39 is 5.60 Å². The molecular weight excluding hydrogens is 198 g/mol. The average Bonchev–Trinajstić information content (AvgIpc) is 2.18. The summed E-state index contributed by atoms with van der Waals surface area (Å²) in [5.74, 6) is 0.660. The number of hydrogen-bond donors (Lipinski definition) is 1. The molecular formula is C14H31NO. The van der Waals surface area contributed by atoms with Crippen LogP contribution >= 0.6 is 0 Å². The highest BCUT2D eigenvalue weighted by molar-refractivity contribution is 4.80. The maximum Gasteiger partial charge on any atom is 0.0743 e. The van der Waals surface area contributed by atoms with E-state index in [2.05, 4.69) is 39.5 Å². The Morgan fingerprint density at radius 3 is 1.94 bits per heavy atom. The molecule has 0 radical (unpaired) electrons. The summed E-state index contributed by atoms with van der Waals surface area (Å²) in [6.07, 6.45) is 3.16. The Morgan fingerprint density at radius 2 is 1.62 bits per heavy atom. The average molecular weight is 229 g/mol. The van der Waals surface area contributed by atoms with Gasteiger partial charge in [-0.3, -0.25) is 4.90 Å². The first-order valence-electron chi connectivity index (χ1n) is 6.82. The molecule has 0 amide bonds. The van der Waals surface area contributed by atoms with Gasteiger partial charge in [0.1, 0.15) is 0 Å². The molecule has 0 saturated heterocycles. The molecule has 0 fully saturated rings. The van der Waals surface area contributed by atoms with E-state index in [-0.39, 0.29) is 0 Å². The number of nitrogens with zero attached hydrogens (tertiary/aromatic N) is 1. The summed E-state index contributed by atoms with van der Waals surface area (Å²) in [5.41, 5.74) is -0.544. The molecule has 0 rings (SSSR count). The van der Waals surface area contributed by atoms with Crippen molar-refractivity contribution in [3.05, 3.63) is 0 Å². The smallest absolute Gasteiger partial charge is 0.0743 e. The van der Waals surface area contributed by atoms with Gasteiger partial charge in [-0.25, -0.2) is 0 Å². The minimum absolute atomic E-state index is 0.544. The molecule has 0 saturated carbocycles. The SMILES string of the molecule is CCC(CC)N(CC(C)C)CC(C)(O)CC. The minimum Gasteiger partial charge on any atom is -0.389 e. The summed E-state index contributed by atoms with van der Waals surface area (Å²) in [7, 11) is 0. The molecule has 0 aromatic heterocycles. The zero-order chi connectivity index (χ0) is 12.8. The highest BCUT2D eigenvalue weighted by Gasteiger charge is 2.25. The molecule has 0 bridgehead atoms. The van der Waals surface area contributed by atoms with Gasteiger partial charge < -0.3 is 5.11 Å². The molecule has 0 spiro atoms. The van der Waals surface area contributed by atoms with Crippen LogP contribution in [-0.2, 0) is 0 Å². The van der Waals surface area contributed by atoms with E-state index in [1.54, 1.807) is 0 Å². The fourth-order valence-corrected chi connectivity index (χ4v) is 2.17. The van der Waals surface area contributed by atoms with Crippen LogP contribution in [0.3, 0.4) is 0 Å². The van der Waals surface area contributed by atoms with Gasteiger partial charge in [-0.2, -0.15) is 0 Å². The van der Waals surface area contributed by atoms with Gasteiger partial charge in [-0.1, -0.05) is 34.6 Å². The maximum atomic E-state index is 10.2. The first-order chi connectivity index (χ1) is 7.36. The normalized spacial score (nSPS) is 16.1. The molecule has 1 N–H and O–H groups in total. The Labute approximate surface area is 102 Å². The molecule has 2 nitrogen and oxygen atoms in total. The highest BCUT2D eigenvalue weighted by atomic mass is 16.3. The van der Waals surface area contributed by atoms with E-state index in [1.807, 2.05) is 6.92 Å². The van der Waals surface area contributed by atoms with Crippen LogP contribution < -0.4 is 0 Å². The topological polar surface area (TPSA) is 23.5 Å². The van der Waals surface area contributed by atoms with Gasteiger partial charge in [-0.15, -0.1) is 0 Å². The van der Waals surface area contributed by atoms with Gasteiger partial charge >= 0.3 is 0 Å². The van der Waals surface area contributed by atoms with Gasteiger partial charge in [0, 0.05) is 19.1 Å². The Morgan fingerprint density at radius 1 is 1.12 bits per heavy atom. The number of rotatable bonds is 8. The van der Waals surface area contributed by atoms with Crippen molar-refractivity contribution in [2.75, 3.05) is 13.1 Å². The molecule has 2 heteroatoms. The van der Waals surface area contributed by atoms with Gasteiger partial charge in [0.25, 0.3) is 0 Å². The van der Waals surface area contributed by atoms with Crippen LogP contribution in [0.15, 0.2) is 0 Å². The maximum absolute atomic E-state index is 10.2. The Bertz CT molecular complexity index is 174. The summed E-state index contributed by atoms with van der Waals surface area (Å²) >= 11 is 0. The molecule has 0 aliphatic heterocycles. The lowest BCUT2D eigenvalue weighted by Gasteiger charge is -2.37. The third-order valence-corrected chi connectivity index (χ3v) is 3.36. The zero-order valence-electron chi connectivity index (χ0n) is 12.1. The second-order valence-corrected chi connectivity index (χ2v) is 5.64. The van der Waals surface area contributed by atoms with Crippen molar-refractivity contribution >= 4 is 0 Å². The van der Waals surface area contributed by atoms with Crippen LogP contribution in [0.25, 0.3) is 0 Å². The summed E-state index contributed by atoms with van der Waals surface area (Å²) in [4.78, 5) is 2.47. The summed E-state index contributed by atoms with van der Waals surface area (Å²) in [6.45, 7) is 14.9. The van der Waals surface area contributed by atoms with E-state index in [1.165, 1.54) is 12.8 Å². The van der Waals surface area contributed by atoms with Gasteiger partial charge in [0.15, 0.2) is 0 Å². The van der Waals surface area contributed by atoms with Crippen molar-refractivity contribution in [3.8, 4) is 0 Å². The first-order valence-corrected chi connectivity index (χ1v) is 6.82. The van der Waals surface area contributed by atoms with Crippen LogP contribution in [0.1, 0.15) is 60.8 Å². The van der Waals surface area contributed by atoms with Crippen LogP contribution in [0.2, 0.25) is 0 Å². The third kappa shape index (κ3) is 5.86. The predicted molar refractivity (Wildman–Crippen MR) is 71.7 cm³/mol. The van der Waals surface area contributed by atoms with Crippen LogP contribution in [-0.4, -0.2) is 34.7 Å². The summed E-state index contributed by atoms with van der Waals surface area (Å²) < 4.78 is 0. The van der Waals surface area contributed by atoms with Crippen LogP contribution in [0.4, 0.5) is 0 Å². The van der Waals surface area contributed by atoms with Crippen molar-refractivity contribution in [2.45, 2.75) is 72.4 Å². The van der Waals surface area contributed by atoms with E-state index in [9.17, 15) is 5.11 Å². The summed E-state index contributed by atoms with van der Waals surface area (Å²) in [6, 6.07) is 0.612. The Kier molecular flexibility index (Phi) is 7.25. The number of hydrogen-bond acceptors (Lipinski definition) is 2. The van der Waals surface area contributed by atoms with Crippen LogP contribution in [0, 0.1) is 5.92 Å². The van der Waals surface area contributed by atoms with E-state index in [0.29, 0.717) is 12.0 Å². The lowest BCUT2D eigenvalue weighted by molar-refractivity contribution is -0.00231. The fourth-order valence-electron chi connectivity index (χ4n) is 2.17. The fraction of sp³-hybridized carbons (Fsp3) is 1.00. The van der Waals surface area contributed by atoms with E-state index in [0.717, 1.165) is 19.5 Å². The molecule has 0 aromatic rings. The molecule has 0 heterocycles. The molecule has 0 aliphatic rings. The standard InChI is InChI=1S/C14H31NO/c1-7-13(8-2)15(10-12(4)5)11-14(6,16)9-3/h12-13,16H,7-11H2,1-6H3. The molecule has 98 valence electrons. The van der Waals surface area contributed by atoms with Crippen molar-refractivity contribution in [1.82, 2.24) is 4.90 Å². The second kappa shape index (κ2) is 7.29. The van der Waals surface area contributed by atoms with Crippen molar-refractivity contribution in [2.24, 2.45) is 5.92 Å². The number of aliphatic hydroxyl groups is 1. The largest absolute Gasteiger partial charge is 0.389 e. The summed E-state index contributed by atoms with van der Waals surface area (Å²) in [5, 5.41) is 10.2. The van der Waals surface area contributed by atoms with Crippen molar-refractivity contribution < 1.29 is 5.11 Å². The predicted octanol–water partition coefficient (Wildman–Crippen LogP) is 3.29. The lowest BCUT2D eigenvalue weighted by Crippen LogP contribution is -2.46. The molecule has 0 aromatic carbocycles. The first kappa shape index (κ1) is 15.9. The van der Waals surface area contributed by atoms with Gasteiger partial charge in [0.05, 0.1) is 5.60 Å².